The molecule has 0 bridgehead atoms. The van der Waals surface area contributed by atoms with Crippen LogP contribution < -0.4 is 5.32 Å². The lowest BCUT2D eigenvalue weighted by Crippen LogP contribution is -2.42. The molecule has 0 amide bonds. The lowest BCUT2D eigenvalue weighted by molar-refractivity contribution is 0.0168. The summed E-state index contributed by atoms with van der Waals surface area (Å²) >= 11 is 1.85. The first-order valence-corrected chi connectivity index (χ1v) is 9.85. The lowest BCUT2D eigenvalue weighted by Gasteiger charge is -2.34. The molecule has 0 aromatic carbocycles. The Balaban J connectivity index is 1.35. The van der Waals surface area contributed by atoms with Crippen LogP contribution in [-0.4, -0.2) is 47.5 Å². The molecule has 1 N–H and O–H groups in total. The summed E-state index contributed by atoms with van der Waals surface area (Å²) in [5, 5.41) is 10.3. The molecule has 1 aliphatic heterocycles. The van der Waals surface area contributed by atoms with Crippen LogP contribution in [0.4, 0.5) is 0 Å². The number of hydrogen-bond donors (Lipinski definition) is 1. The van der Waals surface area contributed by atoms with Crippen LogP contribution >= 0.6 is 11.3 Å². The van der Waals surface area contributed by atoms with Crippen molar-refractivity contribution in [3.05, 3.63) is 40.3 Å². The average Bonchev–Trinajstić information content (AvgIpc) is 3.08. The quantitative estimate of drug-likeness (QED) is 0.798. The van der Waals surface area contributed by atoms with Crippen molar-refractivity contribution >= 4 is 11.3 Å². The number of nitrogens with zero attached hydrogens (tertiary/aromatic N) is 3. The molecule has 130 valence electrons. The maximum absolute atomic E-state index is 5.52. The molecule has 1 saturated heterocycles. The molecular formula is C18H26N4OS. The van der Waals surface area contributed by atoms with Gasteiger partial charge in [0, 0.05) is 43.8 Å². The average molecular weight is 347 g/mol. The van der Waals surface area contributed by atoms with Gasteiger partial charge in [-0.3, -0.25) is 9.58 Å². The fourth-order valence-electron chi connectivity index (χ4n) is 3.34. The predicted octanol–water partition coefficient (Wildman–Crippen LogP) is 2.52. The Kier molecular flexibility index (Phi) is 5.27. The third kappa shape index (κ3) is 4.06. The second kappa shape index (κ2) is 7.78. The Hall–Kier alpha value is -1.21. The molecule has 2 aromatic heterocycles. The highest BCUT2D eigenvalue weighted by Crippen LogP contribution is 2.30. The zero-order chi connectivity index (χ0) is 16.2. The van der Waals surface area contributed by atoms with Crippen LogP contribution in [0.5, 0.6) is 0 Å². The van der Waals surface area contributed by atoms with Gasteiger partial charge in [-0.25, -0.2) is 0 Å². The second-order valence-corrected chi connectivity index (χ2v) is 7.74. The zero-order valence-electron chi connectivity index (χ0n) is 14.1. The highest BCUT2D eigenvalue weighted by Gasteiger charge is 2.24. The van der Waals surface area contributed by atoms with Gasteiger partial charge in [-0.05, 0) is 36.3 Å². The minimum atomic E-state index is 0.439. The number of hydrogen-bond acceptors (Lipinski definition) is 5. The summed E-state index contributed by atoms with van der Waals surface area (Å²) in [6, 6.07) is 6.99. The number of morpholine rings is 1. The number of thiophene rings is 1. The molecule has 2 aliphatic rings. The van der Waals surface area contributed by atoms with Crippen molar-refractivity contribution in [2.45, 2.75) is 32.0 Å². The van der Waals surface area contributed by atoms with Gasteiger partial charge < -0.3 is 10.1 Å². The Morgan fingerprint density at radius 3 is 2.92 bits per heavy atom. The van der Waals surface area contributed by atoms with E-state index >= 15 is 0 Å². The van der Waals surface area contributed by atoms with E-state index in [1.165, 1.54) is 23.4 Å². The summed E-state index contributed by atoms with van der Waals surface area (Å²) in [5.74, 6) is 0.857. The standard InChI is InChI=1S/C18H26N4OS/c1-2-18(24-11-1)17(21-7-9-23-10-8-21)13-19-12-16-5-6-20-22(16)14-15-3-4-15/h1-2,5-6,11,15,17,19H,3-4,7-10,12-14H2. The molecule has 1 unspecified atom stereocenters. The fraction of sp³-hybridized carbons (Fsp3) is 0.611. The van der Waals surface area contributed by atoms with Crippen molar-refractivity contribution in [2.75, 3.05) is 32.8 Å². The van der Waals surface area contributed by atoms with Gasteiger partial charge >= 0.3 is 0 Å². The summed E-state index contributed by atoms with van der Waals surface area (Å²) in [6.45, 7) is 6.66. The Morgan fingerprint density at radius 1 is 1.29 bits per heavy atom. The van der Waals surface area contributed by atoms with Gasteiger partial charge in [0.1, 0.15) is 0 Å². The van der Waals surface area contributed by atoms with E-state index in [9.17, 15) is 0 Å². The van der Waals surface area contributed by atoms with E-state index in [-0.39, 0.29) is 0 Å². The molecular weight excluding hydrogens is 320 g/mol. The molecule has 0 spiro atoms. The molecule has 6 heteroatoms. The number of rotatable bonds is 8. The van der Waals surface area contributed by atoms with Gasteiger partial charge in [0.05, 0.1) is 24.9 Å². The SMILES string of the molecule is c1csc(C(CNCc2ccnn2CC2CC2)N2CCOCC2)c1. The first-order chi connectivity index (χ1) is 11.9. The maximum Gasteiger partial charge on any atom is 0.0594 e. The van der Waals surface area contributed by atoms with E-state index in [0.717, 1.165) is 51.9 Å². The van der Waals surface area contributed by atoms with Gasteiger partial charge in [0.15, 0.2) is 0 Å². The van der Waals surface area contributed by atoms with Gasteiger partial charge in [-0.15, -0.1) is 11.3 Å². The molecule has 4 rings (SSSR count). The molecule has 1 atom stereocenters. The smallest absolute Gasteiger partial charge is 0.0594 e. The second-order valence-electron chi connectivity index (χ2n) is 6.76. The molecule has 2 fully saturated rings. The van der Waals surface area contributed by atoms with Crippen molar-refractivity contribution in [2.24, 2.45) is 5.92 Å². The molecule has 5 nitrogen and oxygen atoms in total. The van der Waals surface area contributed by atoms with E-state index < -0.39 is 0 Å². The van der Waals surface area contributed by atoms with Crippen LogP contribution in [0, 0.1) is 5.92 Å². The number of aromatic nitrogens is 2. The van der Waals surface area contributed by atoms with E-state index in [1.54, 1.807) is 0 Å². The molecule has 2 aromatic rings. The molecule has 3 heterocycles. The highest BCUT2D eigenvalue weighted by molar-refractivity contribution is 7.10. The van der Waals surface area contributed by atoms with Gasteiger partial charge in [-0.1, -0.05) is 6.07 Å². The lowest BCUT2D eigenvalue weighted by atomic mass is 10.2. The summed E-state index contributed by atoms with van der Waals surface area (Å²) in [6.07, 6.45) is 4.66. The summed E-state index contributed by atoms with van der Waals surface area (Å²) in [4.78, 5) is 3.99. The van der Waals surface area contributed by atoms with E-state index in [1.807, 2.05) is 17.5 Å². The summed E-state index contributed by atoms with van der Waals surface area (Å²) in [7, 11) is 0. The topological polar surface area (TPSA) is 42.3 Å². The van der Waals surface area contributed by atoms with Crippen molar-refractivity contribution in [1.82, 2.24) is 20.0 Å². The molecule has 24 heavy (non-hydrogen) atoms. The van der Waals surface area contributed by atoms with Crippen molar-refractivity contribution in [3.63, 3.8) is 0 Å². The van der Waals surface area contributed by atoms with Gasteiger partial charge in [-0.2, -0.15) is 5.10 Å². The number of ether oxygens (including phenoxy) is 1. The first kappa shape index (κ1) is 16.3. The van der Waals surface area contributed by atoms with Crippen LogP contribution in [-0.2, 0) is 17.8 Å². The third-order valence-corrected chi connectivity index (χ3v) is 5.91. The van der Waals surface area contributed by atoms with Gasteiger partial charge in [0.25, 0.3) is 0 Å². The first-order valence-electron chi connectivity index (χ1n) is 8.97. The molecule has 0 radical (unpaired) electrons. The third-order valence-electron chi connectivity index (χ3n) is 4.93. The van der Waals surface area contributed by atoms with Crippen LogP contribution in [0.3, 0.4) is 0 Å². The van der Waals surface area contributed by atoms with Gasteiger partial charge in [0.2, 0.25) is 0 Å². The van der Waals surface area contributed by atoms with Crippen molar-refractivity contribution in [3.8, 4) is 0 Å². The minimum Gasteiger partial charge on any atom is -0.379 e. The molecule has 1 aliphatic carbocycles. The van der Waals surface area contributed by atoms with Crippen LogP contribution in [0.15, 0.2) is 29.8 Å². The maximum atomic E-state index is 5.52. The van der Waals surface area contributed by atoms with E-state index in [4.69, 9.17) is 4.74 Å². The largest absolute Gasteiger partial charge is 0.379 e. The minimum absolute atomic E-state index is 0.439. The predicted molar refractivity (Wildman–Crippen MR) is 96.1 cm³/mol. The molecule has 1 saturated carbocycles. The van der Waals surface area contributed by atoms with E-state index in [2.05, 4.69) is 43.6 Å². The fourth-order valence-corrected chi connectivity index (χ4v) is 4.20. The Labute approximate surface area is 147 Å². The highest BCUT2D eigenvalue weighted by atomic mass is 32.1. The van der Waals surface area contributed by atoms with E-state index in [0.29, 0.717) is 6.04 Å². The zero-order valence-corrected chi connectivity index (χ0v) is 14.9. The van der Waals surface area contributed by atoms with Crippen molar-refractivity contribution in [1.29, 1.82) is 0 Å². The van der Waals surface area contributed by atoms with Crippen LogP contribution in [0.25, 0.3) is 0 Å². The summed E-state index contributed by atoms with van der Waals surface area (Å²) in [5.41, 5.74) is 1.30. The Bertz CT molecular complexity index is 617. The van der Waals surface area contributed by atoms with Crippen LogP contribution in [0.2, 0.25) is 0 Å². The van der Waals surface area contributed by atoms with Crippen LogP contribution in [0.1, 0.15) is 29.5 Å². The Morgan fingerprint density at radius 2 is 2.17 bits per heavy atom. The van der Waals surface area contributed by atoms with Crippen molar-refractivity contribution < 1.29 is 4.74 Å². The normalized spacial score (nSPS) is 20.3. The monoisotopic (exact) mass is 346 g/mol. The number of nitrogens with one attached hydrogen (secondary N) is 1. The summed E-state index contributed by atoms with van der Waals surface area (Å²) < 4.78 is 7.70.